The van der Waals surface area contributed by atoms with E-state index in [1.807, 2.05) is 0 Å². The molecule has 0 saturated carbocycles. The number of hydrogen-bond donors (Lipinski definition) is 0. The molecule has 0 nitrogen and oxygen atoms in total. The Labute approximate surface area is 130 Å². The summed E-state index contributed by atoms with van der Waals surface area (Å²) in [5.74, 6) is 0.567. The molecule has 0 atom stereocenters. The molecule has 0 bridgehead atoms. The fourth-order valence-corrected chi connectivity index (χ4v) is 3.42. The highest BCUT2D eigenvalue weighted by molar-refractivity contribution is 5.73. The average molecular weight is 280 g/mol. The molecule has 0 aliphatic carbocycles. The van der Waals surface area contributed by atoms with Crippen LogP contribution in [0.3, 0.4) is 0 Å². The van der Waals surface area contributed by atoms with Crippen LogP contribution in [0.1, 0.15) is 62.8 Å². The van der Waals surface area contributed by atoms with Crippen molar-refractivity contribution < 1.29 is 0 Å². The van der Waals surface area contributed by atoms with Gasteiger partial charge in [-0.2, -0.15) is 0 Å². The van der Waals surface area contributed by atoms with E-state index in [-0.39, 0.29) is 5.41 Å². The molecule has 2 rings (SSSR count). The highest BCUT2D eigenvalue weighted by Gasteiger charge is 2.23. The van der Waals surface area contributed by atoms with Crippen LogP contribution in [0.2, 0.25) is 0 Å². The van der Waals surface area contributed by atoms with E-state index in [1.54, 1.807) is 0 Å². The minimum absolute atomic E-state index is 0.145. The topological polar surface area (TPSA) is 0 Å². The van der Waals surface area contributed by atoms with Gasteiger partial charge in [0.2, 0.25) is 0 Å². The molecule has 2 aromatic carbocycles. The summed E-state index contributed by atoms with van der Waals surface area (Å²) >= 11 is 0. The zero-order valence-corrected chi connectivity index (χ0v) is 14.5. The predicted octanol–water partition coefficient (Wildman–Crippen LogP) is 6.39. The summed E-state index contributed by atoms with van der Waals surface area (Å²) in [6.45, 7) is 16.0. The lowest BCUT2D eigenvalue weighted by Gasteiger charge is -2.28. The van der Waals surface area contributed by atoms with Crippen LogP contribution < -0.4 is 0 Å². The Morgan fingerprint density at radius 1 is 0.810 bits per heavy atom. The van der Waals surface area contributed by atoms with Gasteiger partial charge in [-0.1, -0.05) is 71.0 Å². The fourth-order valence-electron chi connectivity index (χ4n) is 3.42. The van der Waals surface area contributed by atoms with Crippen molar-refractivity contribution in [3.63, 3.8) is 0 Å². The molecule has 0 amide bonds. The second kappa shape index (κ2) is 5.67. The van der Waals surface area contributed by atoms with Crippen molar-refractivity contribution in [3.8, 4) is 11.1 Å². The van der Waals surface area contributed by atoms with Crippen molar-refractivity contribution in [2.45, 2.75) is 59.8 Å². The van der Waals surface area contributed by atoms with Gasteiger partial charge in [-0.15, -0.1) is 0 Å². The Hall–Kier alpha value is -1.56. The Morgan fingerprint density at radius 3 is 1.95 bits per heavy atom. The molecule has 0 aliphatic rings. The number of benzene rings is 2. The third kappa shape index (κ3) is 3.05. The minimum atomic E-state index is 0.145. The first-order valence-corrected chi connectivity index (χ1v) is 7.93. The minimum Gasteiger partial charge on any atom is -0.0620 e. The highest BCUT2D eigenvalue weighted by Crippen LogP contribution is 2.39. The van der Waals surface area contributed by atoms with Crippen molar-refractivity contribution in [2.24, 2.45) is 0 Å². The van der Waals surface area contributed by atoms with Gasteiger partial charge in [-0.25, -0.2) is 0 Å². The van der Waals surface area contributed by atoms with Crippen LogP contribution >= 0.6 is 0 Å². The van der Waals surface area contributed by atoms with Gasteiger partial charge in [0.05, 0.1) is 0 Å². The van der Waals surface area contributed by atoms with E-state index >= 15 is 0 Å². The van der Waals surface area contributed by atoms with Crippen LogP contribution in [0.15, 0.2) is 36.4 Å². The molecule has 0 N–H and O–H groups in total. The van der Waals surface area contributed by atoms with Crippen LogP contribution in [0.5, 0.6) is 0 Å². The van der Waals surface area contributed by atoms with Crippen molar-refractivity contribution >= 4 is 0 Å². The molecule has 0 radical (unpaired) electrons. The largest absolute Gasteiger partial charge is 0.0620 e. The molecule has 0 aromatic heterocycles. The van der Waals surface area contributed by atoms with Gasteiger partial charge in [0.25, 0.3) is 0 Å². The van der Waals surface area contributed by atoms with Crippen molar-refractivity contribution in [2.75, 3.05) is 0 Å². The van der Waals surface area contributed by atoms with E-state index in [4.69, 9.17) is 0 Å². The fraction of sp³-hybridized carbons (Fsp3) is 0.429. The van der Waals surface area contributed by atoms with Crippen molar-refractivity contribution in [3.05, 3.63) is 58.7 Å². The average Bonchev–Trinajstić information content (AvgIpc) is 2.36. The molecule has 112 valence electrons. The quantitative estimate of drug-likeness (QED) is 0.597. The summed E-state index contributed by atoms with van der Waals surface area (Å²) in [5, 5.41) is 0. The third-order valence-corrected chi connectivity index (χ3v) is 4.31. The van der Waals surface area contributed by atoms with E-state index in [9.17, 15) is 0 Å². The Kier molecular flexibility index (Phi) is 4.27. The van der Waals surface area contributed by atoms with Crippen molar-refractivity contribution in [1.82, 2.24) is 0 Å². The molecular weight excluding hydrogens is 252 g/mol. The van der Waals surface area contributed by atoms with Gasteiger partial charge in [0.1, 0.15) is 0 Å². The highest BCUT2D eigenvalue weighted by atomic mass is 14.3. The smallest absolute Gasteiger partial charge is 0.0123 e. The Balaban J connectivity index is 2.79. The summed E-state index contributed by atoms with van der Waals surface area (Å²) in [4.78, 5) is 0. The van der Waals surface area contributed by atoms with E-state index in [1.165, 1.54) is 33.4 Å². The number of aryl methyl sites for hydroxylation is 1. The molecule has 2 aromatic rings. The van der Waals surface area contributed by atoms with Gasteiger partial charge in [-0.3, -0.25) is 0 Å². The number of rotatable bonds is 2. The van der Waals surface area contributed by atoms with Crippen LogP contribution in [-0.2, 0) is 5.41 Å². The predicted molar refractivity (Wildman–Crippen MR) is 94.1 cm³/mol. The first-order chi connectivity index (χ1) is 9.73. The standard InChI is InChI=1S/C21H28/c1-14(2)17-12-13-19(18-11-9-8-10-15(18)3)20(16(17)4)21(5,6)7/h8-14H,1-7H3. The maximum absolute atomic E-state index is 2.32. The Bertz CT molecular complexity index is 640. The lowest BCUT2D eigenvalue weighted by Crippen LogP contribution is -2.16. The lowest BCUT2D eigenvalue weighted by molar-refractivity contribution is 0.585. The summed E-state index contributed by atoms with van der Waals surface area (Å²) in [6, 6.07) is 13.3. The summed E-state index contributed by atoms with van der Waals surface area (Å²) < 4.78 is 0. The van der Waals surface area contributed by atoms with Crippen LogP contribution in [0.4, 0.5) is 0 Å². The van der Waals surface area contributed by atoms with Gasteiger partial charge in [0.15, 0.2) is 0 Å². The van der Waals surface area contributed by atoms with E-state index in [0.717, 1.165) is 0 Å². The summed E-state index contributed by atoms with van der Waals surface area (Å²) in [6.07, 6.45) is 0. The summed E-state index contributed by atoms with van der Waals surface area (Å²) in [7, 11) is 0. The monoisotopic (exact) mass is 280 g/mol. The second-order valence-corrected chi connectivity index (χ2v) is 7.42. The molecule has 0 heteroatoms. The van der Waals surface area contributed by atoms with E-state index < -0.39 is 0 Å². The normalized spacial score (nSPS) is 12.0. The van der Waals surface area contributed by atoms with Gasteiger partial charge in [-0.05, 0) is 58.6 Å². The van der Waals surface area contributed by atoms with Crippen LogP contribution in [0.25, 0.3) is 11.1 Å². The molecular formula is C21H28. The zero-order valence-electron chi connectivity index (χ0n) is 14.5. The summed E-state index contributed by atoms with van der Waals surface area (Å²) in [5.41, 5.74) is 8.66. The number of hydrogen-bond acceptors (Lipinski definition) is 0. The maximum Gasteiger partial charge on any atom is -0.0123 e. The first kappa shape index (κ1) is 15.8. The van der Waals surface area contributed by atoms with Crippen molar-refractivity contribution in [1.29, 1.82) is 0 Å². The molecule has 0 aliphatic heterocycles. The van der Waals surface area contributed by atoms with Crippen LogP contribution in [0, 0.1) is 13.8 Å². The molecule has 0 spiro atoms. The van der Waals surface area contributed by atoms with Crippen LogP contribution in [-0.4, -0.2) is 0 Å². The zero-order chi connectivity index (χ0) is 15.8. The second-order valence-electron chi connectivity index (χ2n) is 7.42. The van der Waals surface area contributed by atoms with Gasteiger partial charge >= 0.3 is 0 Å². The van der Waals surface area contributed by atoms with Gasteiger partial charge in [0, 0.05) is 0 Å². The Morgan fingerprint density at radius 2 is 1.43 bits per heavy atom. The lowest BCUT2D eigenvalue weighted by atomic mass is 9.76. The molecule has 21 heavy (non-hydrogen) atoms. The maximum atomic E-state index is 2.32. The van der Waals surface area contributed by atoms with E-state index in [0.29, 0.717) is 5.92 Å². The first-order valence-electron chi connectivity index (χ1n) is 7.93. The SMILES string of the molecule is Cc1ccccc1-c1ccc(C(C)C)c(C)c1C(C)(C)C. The van der Waals surface area contributed by atoms with Gasteiger partial charge < -0.3 is 0 Å². The third-order valence-electron chi connectivity index (χ3n) is 4.31. The van der Waals surface area contributed by atoms with E-state index in [2.05, 4.69) is 84.9 Å². The molecule has 0 heterocycles. The molecule has 0 fully saturated rings. The molecule has 0 unspecified atom stereocenters. The molecule has 0 saturated heterocycles.